The number of fused-ring (bicyclic) bond motifs is 1. The summed E-state index contributed by atoms with van der Waals surface area (Å²) in [6.07, 6.45) is 1.68. The number of aromatic nitrogens is 3. The number of hydrogen-bond donors (Lipinski definition) is 1. The standard InChI is InChI=1S/C12H7Cl2N3/c13-9-4-2-1-3-8(9)10-5-7-6-15-12(14)17-11(7)16-10/h1-6H,(H,15,16,17). The van der Waals surface area contributed by atoms with Gasteiger partial charge in [0.25, 0.3) is 0 Å². The quantitative estimate of drug-likeness (QED) is 0.676. The van der Waals surface area contributed by atoms with Crippen molar-refractivity contribution in [2.24, 2.45) is 0 Å². The van der Waals surface area contributed by atoms with Crippen LogP contribution in [0, 0.1) is 0 Å². The van der Waals surface area contributed by atoms with Crippen LogP contribution in [0.25, 0.3) is 22.3 Å². The van der Waals surface area contributed by atoms with Gasteiger partial charge < -0.3 is 4.98 Å². The van der Waals surface area contributed by atoms with Gasteiger partial charge in [0.05, 0.1) is 0 Å². The van der Waals surface area contributed by atoms with E-state index in [2.05, 4.69) is 15.0 Å². The van der Waals surface area contributed by atoms with E-state index in [1.165, 1.54) is 0 Å². The van der Waals surface area contributed by atoms with Gasteiger partial charge in [-0.05, 0) is 23.7 Å². The molecule has 0 saturated carbocycles. The highest BCUT2D eigenvalue weighted by Crippen LogP contribution is 2.29. The van der Waals surface area contributed by atoms with E-state index in [1.54, 1.807) is 6.20 Å². The summed E-state index contributed by atoms with van der Waals surface area (Å²) in [6.45, 7) is 0. The molecule has 3 nitrogen and oxygen atoms in total. The normalized spacial score (nSPS) is 10.9. The summed E-state index contributed by atoms with van der Waals surface area (Å²) in [6, 6.07) is 9.58. The Hall–Kier alpha value is -1.58. The van der Waals surface area contributed by atoms with Gasteiger partial charge in [-0.15, -0.1) is 0 Å². The van der Waals surface area contributed by atoms with Crippen LogP contribution in [-0.4, -0.2) is 15.0 Å². The van der Waals surface area contributed by atoms with Crippen molar-refractivity contribution in [2.75, 3.05) is 0 Å². The number of hydrogen-bond acceptors (Lipinski definition) is 2. The molecule has 84 valence electrons. The molecule has 0 aliphatic carbocycles. The van der Waals surface area contributed by atoms with Crippen molar-refractivity contribution in [1.29, 1.82) is 0 Å². The summed E-state index contributed by atoms with van der Waals surface area (Å²) in [5, 5.41) is 1.83. The van der Waals surface area contributed by atoms with Gasteiger partial charge >= 0.3 is 0 Å². The van der Waals surface area contributed by atoms with Crippen molar-refractivity contribution in [3.8, 4) is 11.3 Å². The largest absolute Gasteiger partial charge is 0.339 e. The van der Waals surface area contributed by atoms with E-state index in [1.807, 2.05) is 30.3 Å². The number of H-pyrrole nitrogens is 1. The summed E-state index contributed by atoms with van der Waals surface area (Å²) in [5.41, 5.74) is 2.55. The highest BCUT2D eigenvalue weighted by atomic mass is 35.5. The monoisotopic (exact) mass is 263 g/mol. The van der Waals surface area contributed by atoms with Crippen molar-refractivity contribution in [1.82, 2.24) is 15.0 Å². The van der Waals surface area contributed by atoms with E-state index in [0.29, 0.717) is 10.7 Å². The number of aromatic amines is 1. The molecule has 17 heavy (non-hydrogen) atoms. The molecule has 0 aliphatic rings. The molecule has 0 spiro atoms. The minimum Gasteiger partial charge on any atom is -0.339 e. The Morgan fingerprint density at radius 3 is 2.76 bits per heavy atom. The predicted molar refractivity (Wildman–Crippen MR) is 69.3 cm³/mol. The maximum atomic E-state index is 6.14. The number of benzene rings is 1. The van der Waals surface area contributed by atoms with Crippen molar-refractivity contribution in [3.05, 3.63) is 46.8 Å². The second kappa shape index (κ2) is 4.02. The molecular formula is C12H7Cl2N3. The van der Waals surface area contributed by atoms with Gasteiger partial charge in [0.1, 0.15) is 5.65 Å². The molecule has 0 radical (unpaired) electrons. The average Bonchev–Trinajstić information content (AvgIpc) is 2.72. The lowest BCUT2D eigenvalue weighted by Crippen LogP contribution is -1.81. The lowest BCUT2D eigenvalue weighted by atomic mass is 10.1. The smallest absolute Gasteiger partial charge is 0.224 e. The zero-order valence-corrected chi connectivity index (χ0v) is 10.1. The van der Waals surface area contributed by atoms with E-state index < -0.39 is 0 Å². The minimum absolute atomic E-state index is 0.227. The fourth-order valence-electron chi connectivity index (χ4n) is 1.72. The number of nitrogens with zero attached hydrogens (tertiary/aromatic N) is 2. The Labute approximate surface area is 107 Å². The van der Waals surface area contributed by atoms with E-state index in [4.69, 9.17) is 23.2 Å². The first-order valence-corrected chi connectivity index (χ1v) is 5.76. The third-order valence-electron chi connectivity index (χ3n) is 2.50. The average molecular weight is 264 g/mol. The molecule has 1 aromatic carbocycles. The van der Waals surface area contributed by atoms with Gasteiger partial charge in [-0.25, -0.2) is 4.98 Å². The first kappa shape index (κ1) is 10.6. The molecule has 0 atom stereocenters. The van der Waals surface area contributed by atoms with Crippen molar-refractivity contribution in [3.63, 3.8) is 0 Å². The number of halogens is 2. The highest BCUT2D eigenvalue weighted by molar-refractivity contribution is 6.33. The first-order chi connectivity index (χ1) is 8.24. The van der Waals surface area contributed by atoms with Crippen LogP contribution in [0.4, 0.5) is 0 Å². The van der Waals surface area contributed by atoms with Crippen LogP contribution in [-0.2, 0) is 0 Å². The third kappa shape index (κ3) is 1.88. The fraction of sp³-hybridized carbons (Fsp3) is 0. The Bertz CT molecular complexity index is 691. The first-order valence-electron chi connectivity index (χ1n) is 5.00. The summed E-state index contributed by atoms with van der Waals surface area (Å²) in [5.74, 6) is 0. The molecular weight excluding hydrogens is 257 g/mol. The zero-order chi connectivity index (χ0) is 11.8. The summed E-state index contributed by atoms with van der Waals surface area (Å²) >= 11 is 11.9. The van der Waals surface area contributed by atoms with Gasteiger partial charge in [-0.3, -0.25) is 0 Å². The van der Waals surface area contributed by atoms with Gasteiger partial charge in [0, 0.05) is 27.9 Å². The molecule has 3 rings (SSSR count). The SMILES string of the molecule is Clc1ncc2cc(-c3ccccc3Cl)[nH]c2n1. The van der Waals surface area contributed by atoms with Crippen molar-refractivity contribution >= 4 is 34.2 Å². The van der Waals surface area contributed by atoms with Crippen LogP contribution in [0.2, 0.25) is 10.3 Å². The van der Waals surface area contributed by atoms with E-state index in [9.17, 15) is 0 Å². The minimum atomic E-state index is 0.227. The highest BCUT2D eigenvalue weighted by Gasteiger charge is 2.07. The van der Waals surface area contributed by atoms with E-state index in [-0.39, 0.29) is 5.28 Å². The molecule has 0 amide bonds. The fourth-order valence-corrected chi connectivity index (χ4v) is 2.09. The molecule has 0 fully saturated rings. The molecule has 3 aromatic rings. The molecule has 5 heteroatoms. The summed E-state index contributed by atoms with van der Waals surface area (Å²) in [4.78, 5) is 11.2. The van der Waals surface area contributed by atoms with Crippen LogP contribution >= 0.6 is 23.2 Å². The maximum Gasteiger partial charge on any atom is 0.224 e. The Kier molecular flexibility index (Phi) is 2.50. The van der Waals surface area contributed by atoms with Crippen LogP contribution in [0.15, 0.2) is 36.5 Å². The molecule has 2 aromatic heterocycles. The molecule has 0 bridgehead atoms. The lowest BCUT2D eigenvalue weighted by Gasteiger charge is -1.99. The topological polar surface area (TPSA) is 41.6 Å². The van der Waals surface area contributed by atoms with Gasteiger partial charge in [0.2, 0.25) is 5.28 Å². The van der Waals surface area contributed by atoms with Crippen LogP contribution < -0.4 is 0 Å². The number of nitrogens with one attached hydrogen (secondary N) is 1. The molecule has 0 aliphatic heterocycles. The van der Waals surface area contributed by atoms with E-state index >= 15 is 0 Å². The van der Waals surface area contributed by atoms with Gasteiger partial charge in [-0.1, -0.05) is 29.8 Å². The van der Waals surface area contributed by atoms with Crippen molar-refractivity contribution < 1.29 is 0 Å². The zero-order valence-electron chi connectivity index (χ0n) is 8.61. The Morgan fingerprint density at radius 2 is 1.94 bits per heavy atom. The molecule has 2 heterocycles. The third-order valence-corrected chi connectivity index (χ3v) is 3.02. The molecule has 0 saturated heterocycles. The van der Waals surface area contributed by atoms with Crippen LogP contribution in [0.1, 0.15) is 0 Å². The summed E-state index contributed by atoms with van der Waals surface area (Å²) < 4.78 is 0. The van der Waals surface area contributed by atoms with Gasteiger partial charge in [-0.2, -0.15) is 4.98 Å². The second-order valence-corrected chi connectivity index (χ2v) is 4.35. The molecule has 1 N–H and O–H groups in total. The molecule has 0 unspecified atom stereocenters. The van der Waals surface area contributed by atoms with Crippen LogP contribution in [0.3, 0.4) is 0 Å². The lowest BCUT2D eigenvalue weighted by molar-refractivity contribution is 1.20. The maximum absolute atomic E-state index is 6.14. The number of rotatable bonds is 1. The van der Waals surface area contributed by atoms with E-state index in [0.717, 1.165) is 16.6 Å². The van der Waals surface area contributed by atoms with Crippen LogP contribution in [0.5, 0.6) is 0 Å². The summed E-state index contributed by atoms with van der Waals surface area (Å²) in [7, 11) is 0. The second-order valence-electron chi connectivity index (χ2n) is 3.61. The van der Waals surface area contributed by atoms with Crippen molar-refractivity contribution in [2.45, 2.75) is 0 Å². The van der Waals surface area contributed by atoms with Gasteiger partial charge in [0.15, 0.2) is 0 Å². The predicted octanol–water partition coefficient (Wildman–Crippen LogP) is 3.93. The Morgan fingerprint density at radius 1 is 1.12 bits per heavy atom. The Balaban J connectivity index is 2.22.